The highest BCUT2D eigenvalue weighted by Gasteiger charge is 2.00. The monoisotopic (exact) mass is 191 g/mol. The topological polar surface area (TPSA) is 66.7 Å². The molecule has 0 fully saturated rings. The number of hydrogen-bond donors (Lipinski definition) is 1. The van der Waals surface area contributed by atoms with Crippen LogP contribution in [0.5, 0.6) is 0 Å². The summed E-state index contributed by atoms with van der Waals surface area (Å²) in [5, 5.41) is 8.62. The molecular weight excluding hydrogens is 182 g/mol. The van der Waals surface area contributed by atoms with Gasteiger partial charge in [-0.25, -0.2) is 14.6 Å². The molecule has 0 radical (unpaired) electrons. The SMILES string of the molecule is O=C=NCCc1ccc(C(=O)O)cc1. The van der Waals surface area contributed by atoms with Crippen molar-refractivity contribution in [1.29, 1.82) is 0 Å². The molecule has 1 aromatic rings. The minimum Gasteiger partial charge on any atom is -0.478 e. The van der Waals surface area contributed by atoms with Crippen LogP contribution in [0, 0.1) is 0 Å². The van der Waals surface area contributed by atoms with Crippen LogP contribution >= 0.6 is 0 Å². The molecule has 0 aromatic heterocycles. The van der Waals surface area contributed by atoms with Crippen molar-refractivity contribution in [1.82, 2.24) is 0 Å². The Balaban J connectivity index is 2.64. The van der Waals surface area contributed by atoms with Crippen molar-refractivity contribution in [3.63, 3.8) is 0 Å². The number of isocyanates is 1. The first-order valence-electron chi connectivity index (χ1n) is 4.10. The molecular formula is C10H9NO3. The zero-order valence-corrected chi connectivity index (χ0v) is 7.43. The van der Waals surface area contributed by atoms with Gasteiger partial charge < -0.3 is 5.11 Å². The summed E-state index contributed by atoms with van der Waals surface area (Å²) in [4.78, 5) is 23.7. The highest BCUT2D eigenvalue weighted by atomic mass is 16.4. The van der Waals surface area contributed by atoms with E-state index in [0.29, 0.717) is 13.0 Å². The van der Waals surface area contributed by atoms with Crippen molar-refractivity contribution in [2.75, 3.05) is 6.54 Å². The van der Waals surface area contributed by atoms with Gasteiger partial charge in [0.15, 0.2) is 0 Å². The number of rotatable bonds is 4. The Morgan fingerprint density at radius 1 is 1.36 bits per heavy atom. The van der Waals surface area contributed by atoms with Crippen molar-refractivity contribution < 1.29 is 14.7 Å². The van der Waals surface area contributed by atoms with Gasteiger partial charge in [-0.15, -0.1) is 0 Å². The largest absolute Gasteiger partial charge is 0.478 e. The predicted octanol–water partition coefficient (Wildman–Crippen LogP) is 1.26. The fourth-order valence-corrected chi connectivity index (χ4v) is 1.04. The Labute approximate surface area is 80.9 Å². The van der Waals surface area contributed by atoms with E-state index in [2.05, 4.69) is 4.99 Å². The molecule has 0 bridgehead atoms. The number of benzene rings is 1. The number of carboxylic acids is 1. The van der Waals surface area contributed by atoms with E-state index >= 15 is 0 Å². The number of aliphatic imine (C=N–C) groups is 1. The van der Waals surface area contributed by atoms with Crippen LogP contribution in [0.15, 0.2) is 29.3 Å². The summed E-state index contributed by atoms with van der Waals surface area (Å²) in [6.45, 7) is 0.385. The van der Waals surface area contributed by atoms with Crippen molar-refractivity contribution in [2.45, 2.75) is 6.42 Å². The third-order valence-corrected chi connectivity index (χ3v) is 1.78. The van der Waals surface area contributed by atoms with Crippen LogP contribution < -0.4 is 0 Å². The second-order valence-corrected chi connectivity index (χ2v) is 2.73. The Hall–Kier alpha value is -1.93. The van der Waals surface area contributed by atoms with Gasteiger partial charge in [0.05, 0.1) is 12.1 Å². The van der Waals surface area contributed by atoms with E-state index in [9.17, 15) is 9.59 Å². The molecule has 0 aliphatic carbocycles. The maximum Gasteiger partial charge on any atom is 0.335 e. The number of nitrogens with zero attached hydrogens (tertiary/aromatic N) is 1. The zero-order valence-electron chi connectivity index (χ0n) is 7.43. The second-order valence-electron chi connectivity index (χ2n) is 2.73. The highest BCUT2D eigenvalue weighted by molar-refractivity contribution is 5.87. The molecule has 0 saturated carbocycles. The number of hydrogen-bond acceptors (Lipinski definition) is 3. The standard InChI is InChI=1S/C10H9NO3/c12-7-11-6-5-8-1-3-9(4-2-8)10(13)14/h1-4H,5-6H2,(H,13,14). The van der Waals surface area contributed by atoms with Gasteiger partial charge in [0.25, 0.3) is 0 Å². The van der Waals surface area contributed by atoms with Crippen LogP contribution in [-0.2, 0) is 11.2 Å². The molecule has 0 heterocycles. The van der Waals surface area contributed by atoms with Gasteiger partial charge in [0, 0.05) is 0 Å². The number of aromatic carboxylic acids is 1. The van der Waals surface area contributed by atoms with E-state index in [1.54, 1.807) is 12.1 Å². The third kappa shape index (κ3) is 2.84. The fourth-order valence-electron chi connectivity index (χ4n) is 1.04. The Morgan fingerprint density at radius 3 is 2.50 bits per heavy atom. The maximum absolute atomic E-state index is 10.5. The highest BCUT2D eigenvalue weighted by Crippen LogP contribution is 2.05. The van der Waals surface area contributed by atoms with Gasteiger partial charge in [0.1, 0.15) is 0 Å². The smallest absolute Gasteiger partial charge is 0.335 e. The summed E-state index contributed by atoms with van der Waals surface area (Å²) in [7, 11) is 0. The van der Waals surface area contributed by atoms with E-state index in [-0.39, 0.29) is 5.56 Å². The third-order valence-electron chi connectivity index (χ3n) is 1.78. The van der Waals surface area contributed by atoms with Crippen LogP contribution in [0.1, 0.15) is 15.9 Å². The first-order valence-corrected chi connectivity index (χ1v) is 4.10. The number of carbonyl (C=O) groups excluding carboxylic acids is 1. The summed E-state index contributed by atoms with van der Waals surface area (Å²) >= 11 is 0. The molecule has 0 saturated heterocycles. The normalized spacial score (nSPS) is 9.14. The van der Waals surface area contributed by atoms with Gasteiger partial charge in [-0.2, -0.15) is 0 Å². The summed E-state index contributed by atoms with van der Waals surface area (Å²) in [5.41, 5.74) is 1.21. The summed E-state index contributed by atoms with van der Waals surface area (Å²) in [6.07, 6.45) is 2.07. The van der Waals surface area contributed by atoms with Gasteiger partial charge in [0.2, 0.25) is 6.08 Å². The zero-order chi connectivity index (χ0) is 10.4. The lowest BCUT2D eigenvalue weighted by Gasteiger charge is -1.98. The number of carboxylic acid groups (broad SMARTS) is 1. The molecule has 4 heteroatoms. The van der Waals surface area contributed by atoms with Crippen LogP contribution in [0.3, 0.4) is 0 Å². The van der Waals surface area contributed by atoms with E-state index in [1.165, 1.54) is 18.2 Å². The lowest BCUT2D eigenvalue weighted by molar-refractivity contribution is 0.0697. The first-order chi connectivity index (χ1) is 6.74. The van der Waals surface area contributed by atoms with Crippen molar-refractivity contribution in [2.24, 2.45) is 4.99 Å². The first kappa shape index (κ1) is 10.2. The van der Waals surface area contributed by atoms with Gasteiger partial charge in [-0.1, -0.05) is 12.1 Å². The van der Waals surface area contributed by atoms with Gasteiger partial charge in [-0.3, -0.25) is 0 Å². The average Bonchev–Trinajstić information content (AvgIpc) is 2.19. The molecule has 1 rings (SSSR count). The minimum absolute atomic E-state index is 0.257. The van der Waals surface area contributed by atoms with Gasteiger partial charge >= 0.3 is 5.97 Å². The predicted molar refractivity (Wildman–Crippen MR) is 50.1 cm³/mol. The lowest BCUT2D eigenvalue weighted by atomic mass is 10.1. The van der Waals surface area contributed by atoms with Gasteiger partial charge in [-0.05, 0) is 24.1 Å². The van der Waals surface area contributed by atoms with Crippen LogP contribution in [0.25, 0.3) is 0 Å². The van der Waals surface area contributed by atoms with Crippen LogP contribution in [0.4, 0.5) is 0 Å². The summed E-state index contributed by atoms with van der Waals surface area (Å²) in [6, 6.07) is 6.48. The van der Waals surface area contributed by atoms with E-state index in [4.69, 9.17) is 5.11 Å². The minimum atomic E-state index is -0.942. The van der Waals surface area contributed by atoms with E-state index < -0.39 is 5.97 Å². The van der Waals surface area contributed by atoms with Crippen molar-refractivity contribution in [3.8, 4) is 0 Å². The Kier molecular flexibility index (Phi) is 3.58. The molecule has 1 aromatic carbocycles. The van der Waals surface area contributed by atoms with Crippen molar-refractivity contribution in [3.05, 3.63) is 35.4 Å². The molecule has 72 valence electrons. The Bertz CT molecular complexity index is 363. The molecule has 0 aliphatic heterocycles. The van der Waals surface area contributed by atoms with Crippen LogP contribution in [0.2, 0.25) is 0 Å². The van der Waals surface area contributed by atoms with E-state index in [1.807, 2.05) is 0 Å². The Morgan fingerprint density at radius 2 is 2.00 bits per heavy atom. The molecule has 0 spiro atoms. The summed E-state index contributed by atoms with van der Waals surface area (Å²) in [5.74, 6) is -0.942. The van der Waals surface area contributed by atoms with Crippen LogP contribution in [-0.4, -0.2) is 23.7 Å². The summed E-state index contributed by atoms with van der Waals surface area (Å²) < 4.78 is 0. The molecule has 14 heavy (non-hydrogen) atoms. The average molecular weight is 191 g/mol. The molecule has 1 N–H and O–H groups in total. The quantitative estimate of drug-likeness (QED) is 0.575. The number of carbonyl (C=O) groups is 1. The molecule has 0 aliphatic rings. The molecule has 0 unspecified atom stereocenters. The second kappa shape index (κ2) is 4.94. The van der Waals surface area contributed by atoms with Crippen molar-refractivity contribution >= 4 is 12.0 Å². The molecule has 0 amide bonds. The van der Waals surface area contributed by atoms with E-state index in [0.717, 1.165) is 5.56 Å². The molecule has 4 nitrogen and oxygen atoms in total. The fraction of sp³-hybridized carbons (Fsp3) is 0.200. The maximum atomic E-state index is 10.5. The molecule has 0 atom stereocenters. The lowest BCUT2D eigenvalue weighted by Crippen LogP contribution is -1.96.